The number of aromatic nitrogens is 2. The fraction of sp³-hybridized carbons (Fsp3) is 0.542. The molecule has 30 heavy (non-hydrogen) atoms. The number of piperidine rings is 1. The van der Waals surface area contributed by atoms with Gasteiger partial charge in [0.25, 0.3) is 5.91 Å². The lowest BCUT2D eigenvalue weighted by Crippen LogP contribution is -2.39. The fourth-order valence-corrected chi connectivity index (χ4v) is 4.27. The van der Waals surface area contributed by atoms with E-state index < -0.39 is 0 Å². The number of hydrogen-bond acceptors (Lipinski definition) is 5. The van der Waals surface area contributed by atoms with E-state index in [0.717, 1.165) is 61.0 Å². The second-order valence-corrected chi connectivity index (χ2v) is 8.27. The van der Waals surface area contributed by atoms with Gasteiger partial charge in [-0.1, -0.05) is 13.3 Å². The van der Waals surface area contributed by atoms with Gasteiger partial charge in [-0.25, -0.2) is 9.97 Å². The Morgan fingerprint density at radius 3 is 2.57 bits per heavy atom. The highest BCUT2D eigenvalue weighted by atomic mass is 16.5. The van der Waals surface area contributed by atoms with E-state index in [-0.39, 0.29) is 5.91 Å². The SMILES string of the molecule is CCCCOc1ccc(C(=O)N2CCc3nc(C)nc(N4CCCCC4)c3C2)cc1. The first-order valence-corrected chi connectivity index (χ1v) is 11.3. The van der Waals surface area contributed by atoms with Crippen LogP contribution in [0.25, 0.3) is 0 Å². The summed E-state index contributed by atoms with van der Waals surface area (Å²) in [4.78, 5) is 27.0. The second kappa shape index (κ2) is 9.45. The van der Waals surface area contributed by atoms with Crippen molar-refractivity contribution in [3.05, 3.63) is 46.9 Å². The van der Waals surface area contributed by atoms with Crippen molar-refractivity contribution in [3.8, 4) is 5.75 Å². The minimum absolute atomic E-state index is 0.0610. The Balaban J connectivity index is 1.50. The third-order valence-corrected chi connectivity index (χ3v) is 5.96. The number of anilines is 1. The average molecular weight is 409 g/mol. The number of carbonyl (C=O) groups excluding carboxylic acids is 1. The zero-order valence-electron chi connectivity index (χ0n) is 18.2. The van der Waals surface area contributed by atoms with E-state index in [9.17, 15) is 4.79 Å². The first kappa shape index (κ1) is 20.6. The molecule has 1 fully saturated rings. The van der Waals surface area contributed by atoms with Crippen LogP contribution in [-0.2, 0) is 13.0 Å². The van der Waals surface area contributed by atoms with Crippen LogP contribution in [0.15, 0.2) is 24.3 Å². The Morgan fingerprint density at radius 2 is 1.83 bits per heavy atom. The van der Waals surface area contributed by atoms with Crippen LogP contribution >= 0.6 is 0 Å². The minimum atomic E-state index is 0.0610. The van der Waals surface area contributed by atoms with Crippen molar-refractivity contribution < 1.29 is 9.53 Å². The van der Waals surface area contributed by atoms with Gasteiger partial charge in [0.1, 0.15) is 17.4 Å². The molecule has 3 heterocycles. The van der Waals surface area contributed by atoms with Crippen molar-refractivity contribution in [1.82, 2.24) is 14.9 Å². The van der Waals surface area contributed by atoms with Gasteiger partial charge in [-0.3, -0.25) is 4.79 Å². The fourth-order valence-electron chi connectivity index (χ4n) is 4.27. The number of hydrogen-bond donors (Lipinski definition) is 0. The molecule has 2 aliphatic rings. The number of fused-ring (bicyclic) bond motifs is 1. The first-order chi connectivity index (χ1) is 14.7. The maximum Gasteiger partial charge on any atom is 0.254 e. The van der Waals surface area contributed by atoms with E-state index in [1.54, 1.807) is 0 Å². The molecule has 0 saturated carbocycles. The summed E-state index contributed by atoms with van der Waals surface area (Å²) in [6.45, 7) is 8.17. The summed E-state index contributed by atoms with van der Waals surface area (Å²) in [6.07, 6.45) is 6.61. The molecule has 0 atom stereocenters. The molecule has 0 N–H and O–H groups in total. The third-order valence-electron chi connectivity index (χ3n) is 5.96. The zero-order valence-corrected chi connectivity index (χ0v) is 18.2. The zero-order chi connectivity index (χ0) is 20.9. The van der Waals surface area contributed by atoms with Crippen LogP contribution < -0.4 is 9.64 Å². The number of benzene rings is 1. The van der Waals surface area contributed by atoms with Crippen LogP contribution in [-0.4, -0.2) is 47.0 Å². The van der Waals surface area contributed by atoms with Crippen LogP contribution in [0.2, 0.25) is 0 Å². The molecule has 0 aliphatic carbocycles. The number of ether oxygens (including phenoxy) is 1. The molecule has 0 spiro atoms. The van der Waals surface area contributed by atoms with Crippen molar-refractivity contribution in [2.24, 2.45) is 0 Å². The van der Waals surface area contributed by atoms with E-state index in [0.29, 0.717) is 25.3 Å². The molecule has 2 aliphatic heterocycles. The summed E-state index contributed by atoms with van der Waals surface area (Å²) in [7, 11) is 0. The molecule has 2 aromatic rings. The molecular weight excluding hydrogens is 376 g/mol. The van der Waals surface area contributed by atoms with Gasteiger partial charge in [0.15, 0.2) is 0 Å². The number of rotatable bonds is 6. The summed E-state index contributed by atoms with van der Waals surface area (Å²) in [6, 6.07) is 7.53. The van der Waals surface area contributed by atoms with Crippen molar-refractivity contribution in [2.45, 2.75) is 58.9 Å². The van der Waals surface area contributed by atoms with Gasteiger partial charge < -0.3 is 14.5 Å². The van der Waals surface area contributed by atoms with Gasteiger partial charge in [-0.15, -0.1) is 0 Å². The Bertz CT molecular complexity index is 876. The summed E-state index contributed by atoms with van der Waals surface area (Å²) in [5.74, 6) is 2.74. The molecule has 6 nitrogen and oxygen atoms in total. The molecule has 1 saturated heterocycles. The van der Waals surface area contributed by atoms with Crippen molar-refractivity contribution in [3.63, 3.8) is 0 Å². The van der Waals surface area contributed by atoms with Crippen molar-refractivity contribution in [1.29, 1.82) is 0 Å². The maximum atomic E-state index is 13.2. The standard InChI is InChI=1S/C24H32N4O2/c1-3-4-16-30-20-10-8-19(9-11-20)24(29)28-15-12-22-21(17-28)23(26-18(2)25-22)27-13-6-5-7-14-27/h8-11H,3-7,12-17H2,1-2H3. The Labute approximate surface area is 179 Å². The average Bonchev–Trinajstić information content (AvgIpc) is 2.79. The predicted octanol–water partition coefficient (Wildman–Crippen LogP) is 4.15. The molecule has 1 aromatic carbocycles. The lowest BCUT2D eigenvalue weighted by molar-refractivity contribution is 0.0733. The van der Waals surface area contributed by atoms with Gasteiger partial charge >= 0.3 is 0 Å². The molecular formula is C24H32N4O2. The minimum Gasteiger partial charge on any atom is -0.494 e. The highest BCUT2D eigenvalue weighted by molar-refractivity contribution is 5.94. The molecule has 0 bridgehead atoms. The lowest BCUT2D eigenvalue weighted by Gasteiger charge is -2.34. The van der Waals surface area contributed by atoms with Crippen molar-refractivity contribution >= 4 is 11.7 Å². The second-order valence-electron chi connectivity index (χ2n) is 8.27. The molecule has 0 unspecified atom stereocenters. The van der Waals surface area contributed by atoms with E-state index in [4.69, 9.17) is 14.7 Å². The Morgan fingerprint density at radius 1 is 1.07 bits per heavy atom. The number of aryl methyl sites for hydroxylation is 1. The van der Waals surface area contributed by atoms with E-state index in [2.05, 4.69) is 11.8 Å². The van der Waals surface area contributed by atoms with Gasteiger partial charge in [-0.05, 0) is 56.9 Å². The molecule has 1 amide bonds. The first-order valence-electron chi connectivity index (χ1n) is 11.3. The topological polar surface area (TPSA) is 58.6 Å². The quantitative estimate of drug-likeness (QED) is 0.672. The summed E-state index contributed by atoms with van der Waals surface area (Å²) < 4.78 is 5.72. The van der Waals surface area contributed by atoms with Crippen LogP contribution in [0.4, 0.5) is 5.82 Å². The van der Waals surface area contributed by atoms with Crippen molar-refractivity contribution in [2.75, 3.05) is 31.1 Å². The molecule has 6 heteroatoms. The van der Waals surface area contributed by atoms with E-state index >= 15 is 0 Å². The van der Waals surface area contributed by atoms with Crippen LogP contribution in [0, 0.1) is 6.92 Å². The number of amides is 1. The summed E-state index contributed by atoms with van der Waals surface area (Å²) in [5.41, 5.74) is 2.93. The summed E-state index contributed by atoms with van der Waals surface area (Å²) in [5, 5.41) is 0. The van der Waals surface area contributed by atoms with Crippen LogP contribution in [0.1, 0.15) is 66.5 Å². The largest absolute Gasteiger partial charge is 0.494 e. The molecule has 1 aromatic heterocycles. The predicted molar refractivity (Wildman–Crippen MR) is 118 cm³/mol. The van der Waals surface area contributed by atoms with Gasteiger partial charge in [0.05, 0.1) is 18.8 Å². The third kappa shape index (κ3) is 4.58. The Hall–Kier alpha value is -2.63. The van der Waals surface area contributed by atoms with Gasteiger partial charge in [0.2, 0.25) is 0 Å². The monoisotopic (exact) mass is 408 g/mol. The van der Waals surface area contributed by atoms with Crippen LogP contribution in [0.5, 0.6) is 5.75 Å². The lowest BCUT2D eigenvalue weighted by atomic mass is 10.0. The highest BCUT2D eigenvalue weighted by Crippen LogP contribution is 2.29. The van der Waals surface area contributed by atoms with E-state index in [1.165, 1.54) is 19.3 Å². The van der Waals surface area contributed by atoms with Gasteiger partial charge in [-0.2, -0.15) is 0 Å². The normalized spacial score (nSPS) is 16.3. The van der Waals surface area contributed by atoms with Crippen LogP contribution in [0.3, 0.4) is 0 Å². The maximum absolute atomic E-state index is 13.2. The molecule has 0 radical (unpaired) electrons. The molecule has 160 valence electrons. The number of unbranched alkanes of at least 4 members (excludes halogenated alkanes) is 1. The number of nitrogens with zero attached hydrogens (tertiary/aromatic N) is 4. The van der Waals surface area contributed by atoms with Gasteiger partial charge in [0, 0.05) is 37.2 Å². The highest BCUT2D eigenvalue weighted by Gasteiger charge is 2.28. The summed E-state index contributed by atoms with van der Waals surface area (Å²) >= 11 is 0. The van der Waals surface area contributed by atoms with E-state index in [1.807, 2.05) is 36.1 Å². The Kier molecular flexibility index (Phi) is 6.50. The number of carbonyl (C=O) groups is 1. The molecule has 4 rings (SSSR count). The smallest absolute Gasteiger partial charge is 0.254 e.